The maximum absolute atomic E-state index is 11.3. The summed E-state index contributed by atoms with van der Waals surface area (Å²) in [6.45, 7) is 0.902. The van der Waals surface area contributed by atoms with Crippen molar-refractivity contribution in [3.63, 3.8) is 0 Å². The van der Waals surface area contributed by atoms with Crippen LogP contribution in [-0.2, 0) is 13.8 Å². The summed E-state index contributed by atoms with van der Waals surface area (Å²) in [6.07, 6.45) is 1.97. The van der Waals surface area contributed by atoms with E-state index >= 15 is 0 Å². The average molecular weight is 354 g/mol. The Bertz CT molecular complexity index is 844. The van der Waals surface area contributed by atoms with Crippen LogP contribution in [0.25, 0.3) is 21.6 Å². The number of nitrogens with zero attached hydrogens (tertiary/aromatic N) is 7. The summed E-state index contributed by atoms with van der Waals surface area (Å²) < 4.78 is 23.6. The highest BCUT2D eigenvalue weighted by Gasteiger charge is 2.37. The van der Waals surface area contributed by atoms with Crippen molar-refractivity contribution in [1.29, 1.82) is 0 Å². The molecule has 24 heavy (non-hydrogen) atoms. The van der Waals surface area contributed by atoms with Gasteiger partial charge < -0.3 is 19.9 Å². The molecule has 1 aliphatic heterocycles. The summed E-state index contributed by atoms with van der Waals surface area (Å²) in [6, 6.07) is -0.553. The molecule has 1 saturated heterocycles. The Kier molecular flexibility index (Phi) is 4.39. The summed E-state index contributed by atoms with van der Waals surface area (Å²) in [5.74, 6) is 0.246. The maximum Gasteiger partial charge on any atom is 0.325 e. The molecule has 2 aromatic heterocycles. The van der Waals surface area contributed by atoms with E-state index in [0.29, 0.717) is 17.6 Å². The third kappa shape index (κ3) is 3.32. The molecule has 0 amide bonds. The lowest BCUT2D eigenvalue weighted by Crippen LogP contribution is -2.24. The lowest BCUT2D eigenvalue weighted by atomic mass is 10.1. The van der Waals surface area contributed by atoms with Crippen molar-refractivity contribution < 1.29 is 18.7 Å². The lowest BCUT2D eigenvalue weighted by Gasteiger charge is -2.17. The molecule has 12 nitrogen and oxygen atoms in total. The van der Waals surface area contributed by atoms with Gasteiger partial charge in [0.15, 0.2) is 11.5 Å². The van der Waals surface area contributed by atoms with Gasteiger partial charge >= 0.3 is 7.60 Å². The number of nitrogen functional groups attached to an aromatic ring is 1. The van der Waals surface area contributed by atoms with Gasteiger partial charge in [0, 0.05) is 18.0 Å². The highest BCUT2D eigenvalue weighted by molar-refractivity contribution is 7.51. The van der Waals surface area contributed by atoms with E-state index in [0.717, 1.165) is 6.66 Å². The molecule has 0 bridgehead atoms. The topological polar surface area (TPSA) is 174 Å². The molecule has 3 heterocycles. The first-order valence-corrected chi connectivity index (χ1v) is 8.99. The first-order valence-electron chi connectivity index (χ1n) is 6.96. The number of imidazole rings is 1. The number of hydrogen-bond donors (Lipinski definition) is 2. The number of rotatable bonds is 5. The lowest BCUT2D eigenvalue weighted by molar-refractivity contribution is -0.0197. The Balaban J connectivity index is 1.85. The molecular formula is C11H15N8O4P. The number of ether oxygens (including phenoxy) is 1. The van der Waals surface area contributed by atoms with Crippen molar-refractivity contribution >= 4 is 24.6 Å². The Morgan fingerprint density at radius 3 is 3.12 bits per heavy atom. The molecule has 0 radical (unpaired) electrons. The second-order valence-corrected chi connectivity index (χ2v) is 7.18. The quantitative estimate of drug-likeness (QED) is 0.348. The Hall–Kier alpha value is -2.23. The van der Waals surface area contributed by atoms with Crippen LogP contribution in [0.1, 0.15) is 12.6 Å². The Labute approximate surface area is 135 Å². The van der Waals surface area contributed by atoms with Gasteiger partial charge in [-0.2, -0.15) is 0 Å². The van der Waals surface area contributed by atoms with Crippen molar-refractivity contribution in [2.45, 2.75) is 24.8 Å². The molecule has 3 N–H and O–H groups in total. The van der Waals surface area contributed by atoms with Crippen molar-refractivity contribution in [2.24, 2.45) is 5.11 Å². The van der Waals surface area contributed by atoms with E-state index in [1.54, 1.807) is 4.57 Å². The van der Waals surface area contributed by atoms with Crippen molar-refractivity contribution in [2.75, 3.05) is 19.0 Å². The summed E-state index contributed by atoms with van der Waals surface area (Å²) in [4.78, 5) is 24.2. The Morgan fingerprint density at radius 2 is 2.42 bits per heavy atom. The summed E-state index contributed by atoms with van der Waals surface area (Å²) in [5.41, 5.74) is 15.4. The zero-order chi connectivity index (χ0) is 17.3. The number of nitrogens with two attached hydrogens (primary N) is 1. The molecule has 3 unspecified atom stereocenters. The van der Waals surface area contributed by atoms with Gasteiger partial charge in [-0.1, -0.05) is 5.11 Å². The number of azide groups is 1. The minimum atomic E-state index is -3.66. The van der Waals surface area contributed by atoms with Gasteiger partial charge in [0.25, 0.3) is 0 Å². The third-order valence-electron chi connectivity index (χ3n) is 3.58. The molecule has 1 fully saturated rings. The number of anilines is 1. The van der Waals surface area contributed by atoms with E-state index in [9.17, 15) is 9.46 Å². The predicted octanol–water partition coefficient (Wildman–Crippen LogP) is 1.21. The number of hydrogen-bond acceptors (Lipinski definition) is 8. The van der Waals surface area contributed by atoms with Gasteiger partial charge in [0.1, 0.15) is 18.1 Å². The molecule has 3 rings (SSSR count). The fourth-order valence-electron chi connectivity index (χ4n) is 2.52. The van der Waals surface area contributed by atoms with E-state index in [-0.39, 0.29) is 12.4 Å². The van der Waals surface area contributed by atoms with Crippen LogP contribution in [0, 0.1) is 0 Å². The van der Waals surface area contributed by atoms with Crippen LogP contribution in [0.2, 0.25) is 0 Å². The maximum atomic E-state index is 11.3. The van der Waals surface area contributed by atoms with Crippen molar-refractivity contribution in [3.8, 4) is 0 Å². The van der Waals surface area contributed by atoms with E-state index in [4.69, 9.17) is 20.5 Å². The molecule has 0 spiro atoms. The summed E-state index contributed by atoms with van der Waals surface area (Å²) in [7, 11) is -3.66. The zero-order valence-corrected chi connectivity index (χ0v) is 13.5. The van der Waals surface area contributed by atoms with Gasteiger partial charge in [-0.15, -0.1) is 0 Å². The van der Waals surface area contributed by atoms with Gasteiger partial charge in [0.2, 0.25) is 0 Å². The predicted molar refractivity (Wildman–Crippen MR) is 82.9 cm³/mol. The SMILES string of the molecule is CP(=O)(O)OC[C@H]1OC(n2cnc3c(N)ncnc32)CC1N=[N+]=[N-]. The monoisotopic (exact) mass is 354 g/mol. The molecule has 4 atom stereocenters. The van der Waals surface area contributed by atoms with Crippen LogP contribution >= 0.6 is 7.60 Å². The highest BCUT2D eigenvalue weighted by atomic mass is 31.2. The van der Waals surface area contributed by atoms with Crippen molar-refractivity contribution in [1.82, 2.24) is 19.5 Å². The minimum absolute atomic E-state index is 0.172. The second kappa shape index (κ2) is 6.34. The normalized spacial score (nSPS) is 26.2. The molecule has 0 aliphatic carbocycles. The Morgan fingerprint density at radius 1 is 1.62 bits per heavy atom. The van der Waals surface area contributed by atoms with Crippen LogP contribution < -0.4 is 5.73 Å². The van der Waals surface area contributed by atoms with Crippen LogP contribution in [-0.4, -0.2) is 49.8 Å². The fourth-order valence-corrected chi connectivity index (χ4v) is 2.94. The minimum Gasteiger partial charge on any atom is -0.382 e. The van der Waals surface area contributed by atoms with Crippen molar-refractivity contribution in [3.05, 3.63) is 23.1 Å². The van der Waals surface area contributed by atoms with E-state index in [1.165, 1.54) is 12.7 Å². The fraction of sp³-hybridized carbons (Fsp3) is 0.545. The van der Waals surface area contributed by atoms with Crippen LogP contribution in [0.4, 0.5) is 5.82 Å². The van der Waals surface area contributed by atoms with Gasteiger partial charge in [-0.3, -0.25) is 9.13 Å². The van der Waals surface area contributed by atoms with E-state index in [1.807, 2.05) is 0 Å². The highest BCUT2D eigenvalue weighted by Crippen LogP contribution is 2.39. The van der Waals surface area contributed by atoms with E-state index < -0.39 is 26.0 Å². The van der Waals surface area contributed by atoms with Crippen LogP contribution in [0.15, 0.2) is 17.8 Å². The first-order chi connectivity index (χ1) is 11.4. The molecule has 1 aliphatic rings. The standard InChI is InChI=1S/C11H15N8O4P/c1-24(20,21)22-3-7-6(17-18-13)2-8(23-7)19-5-16-9-10(12)14-4-15-11(9)19/h4-8H,2-3H2,1H3,(H,20,21)(H2,12,14,15)/t6?,7-,8?/m1/s1. The number of fused-ring (bicyclic) bond motifs is 1. The smallest absolute Gasteiger partial charge is 0.325 e. The van der Waals surface area contributed by atoms with E-state index in [2.05, 4.69) is 25.0 Å². The molecule has 0 aromatic carbocycles. The molecule has 13 heteroatoms. The molecule has 128 valence electrons. The molecule has 2 aromatic rings. The van der Waals surface area contributed by atoms with Crippen LogP contribution in [0.3, 0.4) is 0 Å². The van der Waals surface area contributed by atoms with Gasteiger partial charge in [-0.25, -0.2) is 15.0 Å². The molecule has 0 saturated carbocycles. The third-order valence-corrected chi connectivity index (χ3v) is 4.21. The van der Waals surface area contributed by atoms with Gasteiger partial charge in [-0.05, 0) is 5.53 Å². The number of aromatic nitrogens is 4. The second-order valence-electron chi connectivity index (χ2n) is 5.32. The summed E-state index contributed by atoms with van der Waals surface area (Å²) >= 11 is 0. The van der Waals surface area contributed by atoms with Crippen LogP contribution in [0.5, 0.6) is 0 Å². The average Bonchev–Trinajstić information content (AvgIpc) is 3.09. The van der Waals surface area contributed by atoms with Gasteiger partial charge in [0.05, 0.1) is 25.1 Å². The molecular weight excluding hydrogens is 339 g/mol. The summed E-state index contributed by atoms with van der Waals surface area (Å²) in [5, 5.41) is 3.68. The zero-order valence-electron chi connectivity index (χ0n) is 12.6. The largest absolute Gasteiger partial charge is 0.382 e. The first kappa shape index (κ1) is 16.6.